The Morgan fingerprint density at radius 3 is 1.29 bits per heavy atom. The van der Waals surface area contributed by atoms with Crippen molar-refractivity contribution in [2.45, 2.75) is 0 Å². The van der Waals surface area contributed by atoms with Gasteiger partial charge in [-0.1, -0.05) is 170 Å². The van der Waals surface area contributed by atoms with Crippen molar-refractivity contribution in [3.8, 4) is 78.7 Å². The van der Waals surface area contributed by atoms with Gasteiger partial charge in [-0.2, -0.15) is 0 Å². The summed E-state index contributed by atoms with van der Waals surface area (Å²) in [6.45, 7) is 0. The van der Waals surface area contributed by atoms with Gasteiger partial charge in [0.2, 0.25) is 0 Å². The quantitative estimate of drug-likeness (QED) is 0.165. The van der Waals surface area contributed by atoms with Gasteiger partial charge < -0.3 is 0 Å². The van der Waals surface area contributed by atoms with Crippen LogP contribution < -0.4 is 0 Å². The molecule has 2 heterocycles. The summed E-state index contributed by atoms with van der Waals surface area (Å²) in [6.07, 6.45) is 0. The van der Waals surface area contributed by atoms with Crippen molar-refractivity contribution in [3.05, 3.63) is 200 Å². The molecule has 0 spiro atoms. The first-order valence-electron chi connectivity index (χ1n) is 18.4. The Balaban J connectivity index is 1.15. The molecule has 258 valence electrons. The minimum Gasteiger partial charge on any atom is -0.208 e. The Hall–Kier alpha value is -7.01. The number of nitrogens with zero attached hydrogens (tertiary/aromatic N) is 3. The zero-order chi connectivity index (χ0) is 36.6. The molecular weight excluding hydrogens is 687 g/mol. The summed E-state index contributed by atoms with van der Waals surface area (Å²) < 4.78 is 2.46. The summed E-state index contributed by atoms with van der Waals surface area (Å²) in [4.78, 5) is 15.6. The van der Waals surface area contributed by atoms with E-state index < -0.39 is 0 Å². The summed E-state index contributed by atoms with van der Waals surface area (Å²) >= 11 is 1.81. The molecule has 0 N–H and O–H groups in total. The standard InChI is InChI=1S/C51H33N3S/c1-5-14-34(15-6-1)37-24-26-39(27-25-37)49-52-50(40-28-29-45-47(33-40)55-46-23-13-22-44(48(45)46)38-20-11-4-12-21-38)54-51(53-49)43-31-41(35-16-7-2-8-17-35)30-42(32-43)36-18-9-3-10-19-36/h1-33H. The second kappa shape index (κ2) is 14.1. The molecule has 0 unspecified atom stereocenters. The average molecular weight is 720 g/mol. The van der Waals surface area contributed by atoms with E-state index >= 15 is 0 Å². The van der Waals surface area contributed by atoms with Gasteiger partial charge in [0.05, 0.1) is 0 Å². The van der Waals surface area contributed by atoms with Crippen LogP contribution in [-0.4, -0.2) is 15.0 Å². The Bertz CT molecular complexity index is 2880. The maximum atomic E-state index is 5.24. The number of rotatable bonds is 7. The van der Waals surface area contributed by atoms with Gasteiger partial charge in [0.25, 0.3) is 0 Å². The van der Waals surface area contributed by atoms with E-state index in [0.29, 0.717) is 17.5 Å². The van der Waals surface area contributed by atoms with E-state index in [1.807, 2.05) is 17.4 Å². The lowest BCUT2D eigenvalue weighted by Gasteiger charge is -2.13. The van der Waals surface area contributed by atoms with Gasteiger partial charge >= 0.3 is 0 Å². The largest absolute Gasteiger partial charge is 0.208 e. The first kappa shape index (κ1) is 32.6. The molecule has 0 aliphatic carbocycles. The van der Waals surface area contributed by atoms with E-state index in [4.69, 9.17) is 15.0 Å². The average Bonchev–Trinajstić information content (AvgIpc) is 3.66. The first-order chi connectivity index (χ1) is 27.2. The SMILES string of the molecule is c1ccc(-c2ccc(-c3nc(-c4cc(-c5ccccc5)cc(-c5ccccc5)c4)nc(-c4ccc5c(c4)sc4cccc(-c6ccccc6)c45)n3)cc2)cc1. The third kappa shape index (κ3) is 6.39. The maximum absolute atomic E-state index is 5.24. The molecular formula is C51H33N3S. The molecule has 10 rings (SSSR count). The molecule has 0 bridgehead atoms. The van der Waals surface area contributed by atoms with Crippen LogP contribution in [0.5, 0.6) is 0 Å². The lowest BCUT2D eigenvalue weighted by Crippen LogP contribution is -2.00. The number of hydrogen-bond acceptors (Lipinski definition) is 4. The highest BCUT2D eigenvalue weighted by Gasteiger charge is 2.17. The van der Waals surface area contributed by atoms with Crippen LogP contribution in [-0.2, 0) is 0 Å². The number of fused-ring (bicyclic) bond motifs is 3. The van der Waals surface area contributed by atoms with Crippen molar-refractivity contribution in [1.29, 1.82) is 0 Å². The highest BCUT2D eigenvalue weighted by Crippen LogP contribution is 2.41. The smallest absolute Gasteiger partial charge is 0.164 e. The topological polar surface area (TPSA) is 38.7 Å². The van der Waals surface area contributed by atoms with Crippen LogP contribution in [0.3, 0.4) is 0 Å². The van der Waals surface area contributed by atoms with Crippen LogP contribution in [0.4, 0.5) is 0 Å². The minimum atomic E-state index is 0.630. The minimum absolute atomic E-state index is 0.630. The van der Waals surface area contributed by atoms with Crippen molar-refractivity contribution in [3.63, 3.8) is 0 Å². The van der Waals surface area contributed by atoms with Crippen molar-refractivity contribution in [2.24, 2.45) is 0 Å². The molecule has 0 aliphatic rings. The number of benzene rings is 8. The van der Waals surface area contributed by atoms with Crippen LogP contribution in [0.15, 0.2) is 200 Å². The zero-order valence-electron chi connectivity index (χ0n) is 29.8. The number of aromatic nitrogens is 3. The van der Waals surface area contributed by atoms with Gasteiger partial charge in [0, 0.05) is 36.9 Å². The van der Waals surface area contributed by atoms with Gasteiger partial charge in [-0.3, -0.25) is 0 Å². The molecule has 8 aromatic carbocycles. The Kier molecular flexibility index (Phi) is 8.36. The van der Waals surface area contributed by atoms with Gasteiger partial charge in [-0.25, -0.2) is 15.0 Å². The molecule has 0 saturated heterocycles. The second-order valence-corrected chi connectivity index (χ2v) is 14.7. The third-order valence-corrected chi connectivity index (χ3v) is 11.2. The number of thiophene rings is 1. The monoisotopic (exact) mass is 719 g/mol. The van der Waals surface area contributed by atoms with Gasteiger partial charge in [0.15, 0.2) is 17.5 Å². The summed E-state index contributed by atoms with van der Waals surface area (Å²) in [6, 6.07) is 70.5. The van der Waals surface area contributed by atoms with Crippen molar-refractivity contribution < 1.29 is 0 Å². The molecule has 0 fully saturated rings. The molecule has 0 atom stereocenters. The molecule has 3 nitrogen and oxygen atoms in total. The highest BCUT2D eigenvalue weighted by atomic mass is 32.1. The van der Waals surface area contributed by atoms with Crippen LogP contribution in [0, 0.1) is 0 Å². The van der Waals surface area contributed by atoms with E-state index in [9.17, 15) is 0 Å². The molecule has 0 radical (unpaired) electrons. The maximum Gasteiger partial charge on any atom is 0.164 e. The molecule has 10 aromatic rings. The van der Waals surface area contributed by atoms with E-state index in [0.717, 1.165) is 44.5 Å². The molecule has 0 saturated carbocycles. The predicted molar refractivity (Wildman–Crippen MR) is 231 cm³/mol. The fourth-order valence-corrected chi connectivity index (χ4v) is 8.55. The van der Waals surface area contributed by atoms with Gasteiger partial charge in [-0.05, 0) is 74.8 Å². The summed E-state index contributed by atoms with van der Waals surface area (Å²) in [7, 11) is 0. The van der Waals surface area contributed by atoms with E-state index in [-0.39, 0.29) is 0 Å². The van der Waals surface area contributed by atoms with E-state index in [1.54, 1.807) is 0 Å². The third-order valence-electron chi connectivity index (χ3n) is 10.1. The number of hydrogen-bond donors (Lipinski definition) is 0. The normalized spacial score (nSPS) is 11.3. The lowest BCUT2D eigenvalue weighted by atomic mass is 9.96. The lowest BCUT2D eigenvalue weighted by molar-refractivity contribution is 1.07. The van der Waals surface area contributed by atoms with E-state index in [1.165, 1.54) is 36.9 Å². The van der Waals surface area contributed by atoms with Crippen molar-refractivity contribution >= 4 is 31.5 Å². The van der Waals surface area contributed by atoms with Crippen molar-refractivity contribution in [1.82, 2.24) is 15.0 Å². The Labute approximate surface area is 323 Å². The molecule has 0 amide bonds. The summed E-state index contributed by atoms with van der Waals surface area (Å²) in [5.41, 5.74) is 12.1. The molecule has 2 aromatic heterocycles. The Morgan fingerprint density at radius 1 is 0.273 bits per heavy atom. The highest BCUT2D eigenvalue weighted by molar-refractivity contribution is 7.26. The molecule has 0 aliphatic heterocycles. The predicted octanol–water partition coefficient (Wildman–Crippen LogP) is 13.9. The zero-order valence-corrected chi connectivity index (χ0v) is 30.6. The van der Waals surface area contributed by atoms with Crippen LogP contribution in [0.1, 0.15) is 0 Å². The molecule has 55 heavy (non-hydrogen) atoms. The Morgan fingerprint density at radius 2 is 0.709 bits per heavy atom. The fraction of sp³-hybridized carbons (Fsp3) is 0. The van der Waals surface area contributed by atoms with Gasteiger partial charge in [-0.15, -0.1) is 11.3 Å². The van der Waals surface area contributed by atoms with Crippen LogP contribution >= 0.6 is 11.3 Å². The first-order valence-corrected chi connectivity index (χ1v) is 19.2. The van der Waals surface area contributed by atoms with Crippen molar-refractivity contribution in [2.75, 3.05) is 0 Å². The second-order valence-electron chi connectivity index (χ2n) is 13.6. The van der Waals surface area contributed by atoms with Crippen LogP contribution in [0.2, 0.25) is 0 Å². The fourth-order valence-electron chi connectivity index (χ4n) is 7.38. The summed E-state index contributed by atoms with van der Waals surface area (Å²) in [5, 5.41) is 2.51. The van der Waals surface area contributed by atoms with Crippen LogP contribution in [0.25, 0.3) is 98.8 Å². The van der Waals surface area contributed by atoms with E-state index in [2.05, 4.69) is 194 Å². The summed E-state index contributed by atoms with van der Waals surface area (Å²) in [5.74, 6) is 1.90. The molecule has 4 heteroatoms. The van der Waals surface area contributed by atoms with Gasteiger partial charge in [0.1, 0.15) is 0 Å².